The molecular formula is C27H28ClN3O4S2. The zero-order valence-corrected chi connectivity index (χ0v) is 22.8. The van der Waals surface area contributed by atoms with Crippen LogP contribution < -0.4 is 10.5 Å². The first kappa shape index (κ1) is 25.9. The molecule has 0 bridgehead atoms. The van der Waals surface area contributed by atoms with E-state index in [-0.39, 0.29) is 15.7 Å². The summed E-state index contributed by atoms with van der Waals surface area (Å²) in [6.45, 7) is 0.442. The van der Waals surface area contributed by atoms with E-state index in [1.54, 1.807) is 23.9 Å². The van der Waals surface area contributed by atoms with Crippen molar-refractivity contribution in [3.05, 3.63) is 75.8 Å². The number of ketones is 1. The maximum absolute atomic E-state index is 13.1. The molecule has 1 saturated carbocycles. The molecular weight excluding hydrogens is 530 g/mol. The van der Waals surface area contributed by atoms with E-state index >= 15 is 0 Å². The molecule has 2 heterocycles. The molecule has 194 valence electrons. The van der Waals surface area contributed by atoms with Crippen LogP contribution in [0, 0.1) is 0 Å². The number of methoxy groups -OCH3 is 1. The number of halogens is 1. The fraction of sp³-hybridized carbons (Fsp3) is 0.333. The number of sulfone groups is 1. The van der Waals surface area contributed by atoms with Crippen LogP contribution in [0.15, 0.2) is 58.8 Å². The number of fused-ring (bicyclic) bond motifs is 1. The van der Waals surface area contributed by atoms with Crippen LogP contribution >= 0.6 is 22.9 Å². The van der Waals surface area contributed by atoms with Crippen LogP contribution in [0.1, 0.15) is 42.5 Å². The summed E-state index contributed by atoms with van der Waals surface area (Å²) < 4.78 is 34.2. The number of Topliss-reactive ketones (excluding diaryl/α,β-unsaturated/α-hetero) is 1. The van der Waals surface area contributed by atoms with E-state index in [1.165, 1.54) is 6.07 Å². The number of aromatic nitrogens is 2. The summed E-state index contributed by atoms with van der Waals surface area (Å²) >= 11 is 7.01. The van der Waals surface area contributed by atoms with Gasteiger partial charge in [-0.15, -0.1) is 11.3 Å². The first-order chi connectivity index (χ1) is 17.7. The van der Waals surface area contributed by atoms with Crippen LogP contribution in [0.25, 0.3) is 10.9 Å². The second-order valence-corrected chi connectivity index (χ2v) is 13.5. The van der Waals surface area contributed by atoms with E-state index in [1.807, 2.05) is 30.3 Å². The predicted molar refractivity (Wildman–Crippen MR) is 146 cm³/mol. The van der Waals surface area contributed by atoms with Crippen molar-refractivity contribution < 1.29 is 17.9 Å². The number of nitrogens with two attached hydrogens (primary N) is 1. The zero-order valence-electron chi connectivity index (χ0n) is 20.4. The molecule has 5 rings (SSSR count). The van der Waals surface area contributed by atoms with E-state index in [4.69, 9.17) is 27.2 Å². The number of benzene rings is 2. The highest BCUT2D eigenvalue weighted by Crippen LogP contribution is 2.34. The molecule has 7 nitrogen and oxygen atoms in total. The highest BCUT2D eigenvalue weighted by atomic mass is 35.5. The monoisotopic (exact) mass is 557 g/mol. The van der Waals surface area contributed by atoms with Crippen molar-refractivity contribution in [3.8, 4) is 5.75 Å². The molecule has 4 aromatic rings. The highest BCUT2D eigenvalue weighted by Gasteiger charge is 2.39. The molecule has 0 unspecified atom stereocenters. The van der Waals surface area contributed by atoms with Gasteiger partial charge in [-0.05, 0) is 61.1 Å². The summed E-state index contributed by atoms with van der Waals surface area (Å²) in [5, 5.41) is 5.40. The molecule has 1 aliphatic carbocycles. The Bertz CT molecular complexity index is 1570. The Balaban J connectivity index is 1.42. The third-order valence-electron chi connectivity index (χ3n) is 6.98. The first-order valence-corrected chi connectivity index (χ1v) is 14.9. The lowest BCUT2D eigenvalue weighted by atomic mass is 9.73. The Hall–Kier alpha value is -2.72. The zero-order chi connectivity index (χ0) is 26.2. The average molecular weight is 558 g/mol. The van der Waals surface area contributed by atoms with Crippen LogP contribution in [0.4, 0.5) is 0 Å². The number of ether oxygens (including phenoxy) is 1. The van der Waals surface area contributed by atoms with Crippen LogP contribution in [0.3, 0.4) is 0 Å². The summed E-state index contributed by atoms with van der Waals surface area (Å²) in [5.41, 5.74) is 8.82. The molecule has 0 saturated heterocycles. The van der Waals surface area contributed by atoms with E-state index in [0.29, 0.717) is 40.6 Å². The van der Waals surface area contributed by atoms with Crippen molar-refractivity contribution >= 4 is 49.5 Å². The summed E-state index contributed by atoms with van der Waals surface area (Å²) in [5.74, 6) is 0.431. The number of nitrogens with zero attached hydrogens (tertiary/aromatic N) is 2. The van der Waals surface area contributed by atoms with Crippen LogP contribution in [-0.4, -0.2) is 36.6 Å². The van der Waals surface area contributed by atoms with Gasteiger partial charge in [0.15, 0.2) is 15.6 Å². The first-order valence-electron chi connectivity index (χ1n) is 12.1. The standard InChI is InChI=1S/C27H28ClN3O4S2/c1-35-22-8-3-7-21-26(22)20(17-37(33,34)25-12-11-24(28)36-25)30-31(21)16-19-6-2-5-18(15-19)9-10-23(32)27(29)13-4-14-27/h2-3,5-8,11-12,15H,4,9-10,13-14,16-17,29H2,1H3. The molecule has 1 fully saturated rings. The van der Waals surface area contributed by atoms with Crippen LogP contribution in [0.2, 0.25) is 4.34 Å². The number of thiophene rings is 1. The Kier molecular flexibility index (Phi) is 7.15. The lowest BCUT2D eigenvalue weighted by Gasteiger charge is -2.36. The van der Waals surface area contributed by atoms with E-state index in [2.05, 4.69) is 6.07 Å². The minimum absolute atomic E-state index is 0.132. The highest BCUT2D eigenvalue weighted by molar-refractivity contribution is 7.92. The van der Waals surface area contributed by atoms with Gasteiger partial charge in [-0.25, -0.2) is 8.42 Å². The van der Waals surface area contributed by atoms with Gasteiger partial charge in [0.1, 0.15) is 15.7 Å². The van der Waals surface area contributed by atoms with E-state index < -0.39 is 15.4 Å². The Labute approximate surface area is 225 Å². The summed E-state index contributed by atoms with van der Waals surface area (Å²) in [4.78, 5) is 12.5. The molecule has 0 spiro atoms. The van der Waals surface area contributed by atoms with Crippen LogP contribution in [0.5, 0.6) is 5.75 Å². The predicted octanol–water partition coefficient (Wildman–Crippen LogP) is 5.17. The molecule has 2 N–H and O–H groups in total. The summed E-state index contributed by atoms with van der Waals surface area (Å²) in [6.07, 6.45) is 3.63. The van der Waals surface area contributed by atoms with Gasteiger partial charge in [-0.1, -0.05) is 41.9 Å². The van der Waals surface area contributed by atoms with Gasteiger partial charge in [0.05, 0.1) is 40.1 Å². The molecule has 37 heavy (non-hydrogen) atoms. The smallest absolute Gasteiger partial charge is 0.193 e. The van der Waals surface area contributed by atoms with Gasteiger partial charge < -0.3 is 10.5 Å². The molecule has 0 radical (unpaired) electrons. The normalized spacial score (nSPS) is 15.0. The molecule has 0 amide bonds. The number of rotatable bonds is 10. The van der Waals surface area contributed by atoms with Crippen molar-refractivity contribution in [2.24, 2.45) is 5.73 Å². The van der Waals surface area contributed by atoms with Gasteiger partial charge in [0.25, 0.3) is 0 Å². The third-order valence-corrected chi connectivity index (χ3v) is 10.4. The second-order valence-electron chi connectivity index (χ2n) is 9.53. The Morgan fingerprint density at radius 1 is 1.16 bits per heavy atom. The third kappa shape index (κ3) is 5.31. The van der Waals surface area contributed by atoms with Gasteiger partial charge in [0, 0.05) is 6.42 Å². The molecule has 2 aromatic carbocycles. The second kappa shape index (κ2) is 10.2. The van der Waals surface area contributed by atoms with Crippen molar-refractivity contribution in [3.63, 3.8) is 0 Å². The van der Waals surface area contributed by atoms with Crippen molar-refractivity contribution in [1.82, 2.24) is 9.78 Å². The van der Waals surface area contributed by atoms with Gasteiger partial charge in [-0.2, -0.15) is 5.10 Å². The fourth-order valence-corrected chi connectivity index (χ4v) is 7.63. The molecule has 0 aliphatic heterocycles. The minimum atomic E-state index is -3.64. The van der Waals surface area contributed by atoms with Crippen molar-refractivity contribution in [1.29, 1.82) is 0 Å². The molecule has 10 heteroatoms. The largest absolute Gasteiger partial charge is 0.496 e. The van der Waals surface area contributed by atoms with Crippen molar-refractivity contribution in [2.75, 3.05) is 7.11 Å². The maximum Gasteiger partial charge on any atom is 0.193 e. The number of carbonyl (C=O) groups excluding carboxylic acids is 1. The maximum atomic E-state index is 13.1. The van der Waals surface area contributed by atoms with Gasteiger partial charge in [-0.3, -0.25) is 9.48 Å². The van der Waals surface area contributed by atoms with Crippen LogP contribution in [-0.2, 0) is 33.4 Å². The SMILES string of the molecule is COc1cccc2c1c(CS(=O)(=O)c1ccc(Cl)s1)nn2Cc1cccc(CCC(=O)C2(N)CCC2)c1. The number of aryl methyl sites for hydroxylation is 1. The fourth-order valence-electron chi connectivity index (χ4n) is 4.78. The molecule has 2 aromatic heterocycles. The van der Waals surface area contributed by atoms with E-state index in [9.17, 15) is 13.2 Å². The summed E-state index contributed by atoms with van der Waals surface area (Å²) in [7, 11) is -2.08. The van der Waals surface area contributed by atoms with E-state index in [0.717, 1.165) is 47.2 Å². The number of hydrogen-bond donors (Lipinski definition) is 1. The number of carbonyl (C=O) groups is 1. The quantitative estimate of drug-likeness (QED) is 0.288. The van der Waals surface area contributed by atoms with Gasteiger partial charge >= 0.3 is 0 Å². The Morgan fingerprint density at radius 3 is 2.59 bits per heavy atom. The summed E-state index contributed by atoms with van der Waals surface area (Å²) in [6, 6.07) is 16.7. The lowest BCUT2D eigenvalue weighted by molar-refractivity contribution is -0.126. The van der Waals surface area contributed by atoms with Crippen molar-refractivity contribution in [2.45, 2.75) is 54.1 Å². The number of hydrogen-bond acceptors (Lipinski definition) is 7. The lowest BCUT2D eigenvalue weighted by Crippen LogP contribution is -2.53. The Morgan fingerprint density at radius 2 is 1.92 bits per heavy atom. The van der Waals surface area contributed by atoms with Gasteiger partial charge in [0.2, 0.25) is 0 Å². The molecule has 1 aliphatic rings. The molecule has 0 atom stereocenters. The minimum Gasteiger partial charge on any atom is -0.496 e. The average Bonchev–Trinajstić information content (AvgIpc) is 3.45. The topological polar surface area (TPSA) is 104 Å².